The van der Waals surface area contributed by atoms with E-state index in [0.717, 1.165) is 31.1 Å². The van der Waals surface area contributed by atoms with Crippen LogP contribution in [0.1, 0.15) is 52.4 Å². The highest BCUT2D eigenvalue weighted by Gasteiger charge is 2.58. The molecule has 0 aromatic rings. The molecule has 0 saturated heterocycles. The molecule has 3 unspecified atom stereocenters. The van der Waals surface area contributed by atoms with Crippen molar-refractivity contribution in [2.45, 2.75) is 64.7 Å². The zero-order valence-corrected chi connectivity index (χ0v) is 13.8. The molecule has 3 atom stereocenters. The van der Waals surface area contributed by atoms with Gasteiger partial charge in [0.25, 0.3) is 0 Å². The molecule has 4 aliphatic rings. The van der Waals surface area contributed by atoms with E-state index >= 15 is 0 Å². The molecule has 4 rings (SSSR count). The lowest BCUT2D eigenvalue weighted by Gasteiger charge is -2.60. The van der Waals surface area contributed by atoms with E-state index in [1.165, 1.54) is 19.3 Å². The van der Waals surface area contributed by atoms with Crippen molar-refractivity contribution in [3.63, 3.8) is 0 Å². The van der Waals surface area contributed by atoms with Crippen molar-refractivity contribution in [1.82, 2.24) is 5.32 Å². The number of carbonyl (C=O) groups excluding carboxylic acids is 1. The number of nitrogens with one attached hydrogen (secondary N) is 1. The van der Waals surface area contributed by atoms with Crippen LogP contribution in [0, 0.1) is 22.7 Å². The number of carbonyl (C=O) groups is 1. The molecule has 4 fully saturated rings. The van der Waals surface area contributed by atoms with Crippen LogP contribution in [0.5, 0.6) is 0 Å². The summed E-state index contributed by atoms with van der Waals surface area (Å²) in [4.78, 5) is 13.0. The average Bonchev–Trinajstić information content (AvgIpc) is 2.37. The Morgan fingerprint density at radius 2 is 1.71 bits per heavy atom. The molecule has 4 bridgehead atoms. The molecule has 0 aliphatic heterocycles. The van der Waals surface area contributed by atoms with Crippen molar-refractivity contribution in [2.75, 3.05) is 14.2 Å². The summed E-state index contributed by atoms with van der Waals surface area (Å²) in [6, 6.07) is -0.117. The predicted molar refractivity (Wildman–Crippen MR) is 80.6 cm³/mol. The lowest BCUT2D eigenvalue weighted by atomic mass is 9.44. The van der Waals surface area contributed by atoms with E-state index in [-0.39, 0.29) is 23.7 Å². The van der Waals surface area contributed by atoms with Gasteiger partial charge in [-0.05, 0) is 62.7 Å². The van der Waals surface area contributed by atoms with Gasteiger partial charge in [-0.15, -0.1) is 0 Å². The van der Waals surface area contributed by atoms with Gasteiger partial charge in [-0.1, -0.05) is 6.92 Å². The molecule has 0 radical (unpaired) electrons. The Kier molecular flexibility index (Phi) is 3.81. The molecule has 21 heavy (non-hydrogen) atoms. The SMILES string of the molecule is COC(OC)C(C)NC(=O)C12CC3CC(CC(C)(C3)C1)C2. The van der Waals surface area contributed by atoms with Crippen LogP contribution >= 0.6 is 0 Å². The van der Waals surface area contributed by atoms with E-state index in [1.807, 2.05) is 6.92 Å². The third-order valence-electron chi connectivity index (χ3n) is 6.07. The van der Waals surface area contributed by atoms with Crippen LogP contribution in [0.3, 0.4) is 0 Å². The Morgan fingerprint density at radius 3 is 2.19 bits per heavy atom. The first-order valence-electron chi connectivity index (χ1n) is 8.26. The normalized spacial score (nSPS) is 42.3. The molecular formula is C17H29NO3. The number of rotatable bonds is 5. The Labute approximate surface area is 127 Å². The Balaban J connectivity index is 1.72. The summed E-state index contributed by atoms with van der Waals surface area (Å²) in [6.07, 6.45) is 6.86. The van der Waals surface area contributed by atoms with E-state index in [0.29, 0.717) is 5.41 Å². The van der Waals surface area contributed by atoms with Crippen LogP contribution < -0.4 is 5.32 Å². The van der Waals surface area contributed by atoms with Gasteiger partial charge in [0.05, 0.1) is 11.5 Å². The maximum absolute atomic E-state index is 13.0. The van der Waals surface area contributed by atoms with E-state index in [2.05, 4.69) is 12.2 Å². The first-order chi connectivity index (χ1) is 9.89. The minimum Gasteiger partial charge on any atom is -0.354 e. The van der Waals surface area contributed by atoms with Gasteiger partial charge in [-0.25, -0.2) is 0 Å². The summed E-state index contributed by atoms with van der Waals surface area (Å²) in [5.74, 6) is 1.75. The second-order valence-corrected chi connectivity index (χ2v) is 8.15. The lowest BCUT2D eigenvalue weighted by molar-refractivity contribution is -0.162. The van der Waals surface area contributed by atoms with E-state index in [1.54, 1.807) is 14.2 Å². The Morgan fingerprint density at radius 1 is 1.14 bits per heavy atom. The number of methoxy groups -OCH3 is 2. The van der Waals surface area contributed by atoms with E-state index in [9.17, 15) is 4.79 Å². The van der Waals surface area contributed by atoms with Crippen molar-refractivity contribution in [3.05, 3.63) is 0 Å². The highest BCUT2D eigenvalue weighted by molar-refractivity contribution is 5.83. The van der Waals surface area contributed by atoms with Gasteiger partial charge in [-0.2, -0.15) is 0 Å². The van der Waals surface area contributed by atoms with E-state index < -0.39 is 0 Å². The summed E-state index contributed by atoms with van der Waals surface area (Å²) in [5.41, 5.74) is 0.270. The van der Waals surface area contributed by atoms with Crippen molar-refractivity contribution in [2.24, 2.45) is 22.7 Å². The molecule has 0 spiro atoms. The minimum absolute atomic E-state index is 0.117. The van der Waals surface area contributed by atoms with Crippen molar-refractivity contribution in [3.8, 4) is 0 Å². The summed E-state index contributed by atoms with van der Waals surface area (Å²) in [5, 5.41) is 3.17. The van der Waals surface area contributed by atoms with Gasteiger partial charge in [-0.3, -0.25) is 4.79 Å². The first-order valence-corrected chi connectivity index (χ1v) is 8.26. The minimum atomic E-state index is -0.376. The quantitative estimate of drug-likeness (QED) is 0.793. The van der Waals surface area contributed by atoms with Crippen LogP contribution in [-0.2, 0) is 14.3 Å². The molecule has 1 N–H and O–H groups in total. The smallest absolute Gasteiger partial charge is 0.226 e. The first kappa shape index (κ1) is 15.3. The van der Waals surface area contributed by atoms with E-state index in [4.69, 9.17) is 9.47 Å². The third kappa shape index (κ3) is 2.61. The van der Waals surface area contributed by atoms with Gasteiger partial charge in [0.2, 0.25) is 5.91 Å². The standard InChI is InChI=1S/C17H29NO3/c1-11(14(20-3)21-4)18-15(19)17-8-12-5-13(9-17)7-16(2,6-12)10-17/h11-14H,5-10H2,1-4H3,(H,18,19). The van der Waals surface area contributed by atoms with Crippen molar-refractivity contribution >= 4 is 5.91 Å². The summed E-state index contributed by atoms with van der Waals surface area (Å²) in [7, 11) is 3.23. The molecule has 0 aromatic heterocycles. The molecule has 4 nitrogen and oxygen atoms in total. The molecule has 120 valence electrons. The topological polar surface area (TPSA) is 47.6 Å². The molecule has 1 amide bonds. The molecule has 4 heteroatoms. The van der Waals surface area contributed by atoms with Gasteiger partial charge >= 0.3 is 0 Å². The maximum Gasteiger partial charge on any atom is 0.226 e. The monoisotopic (exact) mass is 295 g/mol. The molecule has 0 aromatic carbocycles. The Bertz CT molecular complexity index is 404. The summed E-state index contributed by atoms with van der Waals surface area (Å²) >= 11 is 0. The molecule has 0 heterocycles. The van der Waals surface area contributed by atoms with Gasteiger partial charge < -0.3 is 14.8 Å². The maximum atomic E-state index is 13.0. The van der Waals surface area contributed by atoms with Crippen LogP contribution in [-0.4, -0.2) is 32.5 Å². The fourth-order valence-corrected chi connectivity index (χ4v) is 5.92. The largest absolute Gasteiger partial charge is 0.354 e. The van der Waals surface area contributed by atoms with Gasteiger partial charge in [0, 0.05) is 14.2 Å². The average molecular weight is 295 g/mol. The van der Waals surface area contributed by atoms with Crippen LogP contribution in [0.25, 0.3) is 0 Å². The lowest BCUT2D eigenvalue weighted by Crippen LogP contribution is -2.58. The molecule has 4 aliphatic carbocycles. The number of ether oxygens (including phenoxy) is 2. The number of hydrogen-bond acceptors (Lipinski definition) is 3. The van der Waals surface area contributed by atoms with Crippen LogP contribution in [0.15, 0.2) is 0 Å². The number of amides is 1. The van der Waals surface area contributed by atoms with Gasteiger partial charge in [0.1, 0.15) is 0 Å². The van der Waals surface area contributed by atoms with Crippen LogP contribution in [0.4, 0.5) is 0 Å². The second kappa shape index (κ2) is 5.24. The van der Waals surface area contributed by atoms with Crippen LogP contribution in [0.2, 0.25) is 0 Å². The fourth-order valence-electron chi connectivity index (χ4n) is 5.92. The number of hydrogen-bond donors (Lipinski definition) is 1. The zero-order chi connectivity index (χ0) is 15.3. The fraction of sp³-hybridized carbons (Fsp3) is 0.941. The highest BCUT2D eigenvalue weighted by Crippen LogP contribution is 2.65. The predicted octanol–water partition coefficient (Wildman–Crippen LogP) is 2.72. The zero-order valence-electron chi connectivity index (χ0n) is 13.8. The summed E-state index contributed by atoms with van der Waals surface area (Å²) in [6.45, 7) is 4.35. The highest BCUT2D eigenvalue weighted by atomic mass is 16.7. The second-order valence-electron chi connectivity index (χ2n) is 8.15. The van der Waals surface area contributed by atoms with Crippen molar-refractivity contribution < 1.29 is 14.3 Å². The molecule has 4 saturated carbocycles. The third-order valence-corrected chi connectivity index (χ3v) is 6.07. The van der Waals surface area contributed by atoms with Gasteiger partial charge in [0.15, 0.2) is 6.29 Å². The summed E-state index contributed by atoms with van der Waals surface area (Å²) < 4.78 is 10.5. The Hall–Kier alpha value is -0.610. The van der Waals surface area contributed by atoms with Crippen molar-refractivity contribution in [1.29, 1.82) is 0 Å². The molecular weight excluding hydrogens is 266 g/mol.